The molecule has 102 valence electrons. The van der Waals surface area contributed by atoms with Crippen molar-refractivity contribution in [2.45, 2.75) is 32.2 Å². The standard InChI is InChI=1S/C13H17N3O3/c1-8-4-5-14-7-11(8)16-13(19)15-10(6-12(17)18)9-2-3-9/h4-5,7,9-10H,2-3,6H2,1H3,(H,17,18)(H2,15,16,19). The van der Waals surface area contributed by atoms with E-state index in [4.69, 9.17) is 5.11 Å². The highest BCUT2D eigenvalue weighted by Crippen LogP contribution is 2.34. The van der Waals surface area contributed by atoms with Gasteiger partial charge < -0.3 is 15.7 Å². The molecule has 1 aromatic heterocycles. The van der Waals surface area contributed by atoms with Crippen LogP contribution >= 0.6 is 0 Å². The predicted octanol–water partition coefficient (Wildman–Crippen LogP) is 1.76. The molecule has 0 aliphatic heterocycles. The highest BCUT2D eigenvalue weighted by Gasteiger charge is 2.33. The Balaban J connectivity index is 1.92. The summed E-state index contributed by atoms with van der Waals surface area (Å²) in [5.74, 6) is -0.605. The SMILES string of the molecule is Cc1ccncc1NC(=O)NC(CC(=O)O)C1CC1. The number of anilines is 1. The summed E-state index contributed by atoms with van der Waals surface area (Å²) in [6.45, 7) is 1.87. The Kier molecular flexibility index (Phi) is 3.99. The Morgan fingerprint density at radius 1 is 1.53 bits per heavy atom. The fraction of sp³-hybridized carbons (Fsp3) is 0.462. The fourth-order valence-electron chi connectivity index (χ4n) is 1.94. The lowest BCUT2D eigenvalue weighted by molar-refractivity contribution is -0.137. The number of amides is 2. The predicted molar refractivity (Wildman–Crippen MR) is 69.9 cm³/mol. The number of aryl methyl sites for hydroxylation is 1. The van der Waals surface area contributed by atoms with Gasteiger partial charge in [0.25, 0.3) is 0 Å². The number of nitrogens with one attached hydrogen (secondary N) is 2. The molecular weight excluding hydrogens is 246 g/mol. The average molecular weight is 263 g/mol. The van der Waals surface area contributed by atoms with Crippen LogP contribution in [-0.4, -0.2) is 28.1 Å². The van der Waals surface area contributed by atoms with E-state index in [1.165, 1.54) is 0 Å². The molecule has 2 rings (SSSR count). The number of hydrogen-bond acceptors (Lipinski definition) is 3. The van der Waals surface area contributed by atoms with Crippen LogP contribution in [0.1, 0.15) is 24.8 Å². The fourth-order valence-corrected chi connectivity index (χ4v) is 1.94. The molecule has 0 radical (unpaired) electrons. The summed E-state index contributed by atoms with van der Waals surface area (Å²) in [5.41, 5.74) is 1.54. The van der Waals surface area contributed by atoms with E-state index in [0.29, 0.717) is 5.69 Å². The van der Waals surface area contributed by atoms with Crippen molar-refractivity contribution in [3.63, 3.8) is 0 Å². The summed E-state index contributed by atoms with van der Waals surface area (Å²) in [7, 11) is 0. The van der Waals surface area contributed by atoms with E-state index in [1.807, 2.05) is 6.92 Å². The van der Waals surface area contributed by atoms with Gasteiger partial charge >= 0.3 is 12.0 Å². The van der Waals surface area contributed by atoms with Gasteiger partial charge in [-0.25, -0.2) is 4.79 Å². The Morgan fingerprint density at radius 2 is 2.26 bits per heavy atom. The third-order valence-corrected chi connectivity index (χ3v) is 3.19. The van der Waals surface area contributed by atoms with Crippen molar-refractivity contribution in [1.29, 1.82) is 0 Å². The normalized spacial score (nSPS) is 15.6. The van der Waals surface area contributed by atoms with Crippen LogP contribution in [0.25, 0.3) is 0 Å². The first-order valence-corrected chi connectivity index (χ1v) is 6.26. The molecule has 2 amide bonds. The van der Waals surface area contributed by atoms with E-state index in [2.05, 4.69) is 15.6 Å². The van der Waals surface area contributed by atoms with Gasteiger partial charge in [-0.3, -0.25) is 9.78 Å². The molecular formula is C13H17N3O3. The number of nitrogens with zero attached hydrogens (tertiary/aromatic N) is 1. The van der Waals surface area contributed by atoms with Crippen LogP contribution < -0.4 is 10.6 Å². The largest absolute Gasteiger partial charge is 0.481 e. The van der Waals surface area contributed by atoms with Gasteiger partial charge in [-0.1, -0.05) is 0 Å². The van der Waals surface area contributed by atoms with Gasteiger partial charge in [-0.05, 0) is 37.3 Å². The summed E-state index contributed by atoms with van der Waals surface area (Å²) in [6, 6.07) is 1.12. The molecule has 1 aliphatic carbocycles. The van der Waals surface area contributed by atoms with Gasteiger partial charge in [0.05, 0.1) is 18.3 Å². The lowest BCUT2D eigenvalue weighted by atomic mass is 10.1. The number of urea groups is 1. The van der Waals surface area contributed by atoms with Gasteiger partial charge in [0.1, 0.15) is 0 Å². The van der Waals surface area contributed by atoms with Crippen molar-refractivity contribution in [3.05, 3.63) is 24.0 Å². The monoisotopic (exact) mass is 263 g/mol. The van der Waals surface area contributed by atoms with Crippen molar-refractivity contribution < 1.29 is 14.7 Å². The van der Waals surface area contributed by atoms with Crippen molar-refractivity contribution in [1.82, 2.24) is 10.3 Å². The maximum Gasteiger partial charge on any atom is 0.319 e. The first-order chi connectivity index (χ1) is 9.06. The molecule has 1 fully saturated rings. The smallest absolute Gasteiger partial charge is 0.319 e. The third-order valence-electron chi connectivity index (χ3n) is 3.19. The second kappa shape index (κ2) is 5.69. The second-order valence-corrected chi connectivity index (χ2v) is 4.83. The first-order valence-electron chi connectivity index (χ1n) is 6.26. The molecule has 0 aromatic carbocycles. The maximum atomic E-state index is 11.8. The van der Waals surface area contributed by atoms with E-state index in [1.54, 1.807) is 18.5 Å². The molecule has 6 heteroatoms. The number of carbonyl (C=O) groups excluding carboxylic acids is 1. The van der Waals surface area contributed by atoms with Crippen LogP contribution in [0, 0.1) is 12.8 Å². The molecule has 19 heavy (non-hydrogen) atoms. The lowest BCUT2D eigenvalue weighted by Gasteiger charge is -2.17. The number of aromatic nitrogens is 1. The Labute approximate surface area is 111 Å². The maximum absolute atomic E-state index is 11.8. The molecule has 1 aliphatic rings. The van der Waals surface area contributed by atoms with Gasteiger partial charge in [-0.15, -0.1) is 0 Å². The zero-order valence-electron chi connectivity index (χ0n) is 10.7. The van der Waals surface area contributed by atoms with Crippen molar-refractivity contribution in [2.75, 3.05) is 5.32 Å². The number of carbonyl (C=O) groups is 2. The summed E-state index contributed by atoms with van der Waals surface area (Å²) >= 11 is 0. The van der Waals surface area contributed by atoms with Gasteiger partial charge in [0.15, 0.2) is 0 Å². The van der Waals surface area contributed by atoms with Crippen LogP contribution in [0.4, 0.5) is 10.5 Å². The minimum atomic E-state index is -0.894. The third kappa shape index (κ3) is 3.94. The van der Waals surface area contributed by atoms with Crippen molar-refractivity contribution in [2.24, 2.45) is 5.92 Å². The van der Waals surface area contributed by atoms with E-state index in [9.17, 15) is 9.59 Å². The Morgan fingerprint density at radius 3 is 2.84 bits per heavy atom. The van der Waals surface area contributed by atoms with Crippen LogP contribution in [-0.2, 0) is 4.79 Å². The minimum Gasteiger partial charge on any atom is -0.481 e. The summed E-state index contributed by atoms with van der Waals surface area (Å²) in [5, 5.41) is 14.2. The minimum absolute atomic E-state index is 0.0376. The second-order valence-electron chi connectivity index (χ2n) is 4.83. The average Bonchev–Trinajstić information content (AvgIpc) is 3.14. The van der Waals surface area contributed by atoms with Gasteiger partial charge in [0, 0.05) is 12.2 Å². The van der Waals surface area contributed by atoms with Crippen LogP contribution in [0.15, 0.2) is 18.5 Å². The van der Waals surface area contributed by atoms with E-state index >= 15 is 0 Å². The van der Waals surface area contributed by atoms with Gasteiger partial charge in [-0.2, -0.15) is 0 Å². The molecule has 3 N–H and O–H groups in total. The topological polar surface area (TPSA) is 91.3 Å². The number of carboxylic acids is 1. The number of aliphatic carboxylic acids is 1. The van der Waals surface area contributed by atoms with Gasteiger partial charge in [0.2, 0.25) is 0 Å². The summed E-state index contributed by atoms with van der Waals surface area (Å²) < 4.78 is 0. The van der Waals surface area contributed by atoms with Crippen molar-refractivity contribution in [3.8, 4) is 0 Å². The van der Waals surface area contributed by atoms with E-state index in [-0.39, 0.29) is 24.4 Å². The highest BCUT2D eigenvalue weighted by molar-refractivity contribution is 5.90. The summed E-state index contributed by atoms with van der Waals surface area (Å²) in [6.07, 6.45) is 5.13. The molecule has 1 atom stereocenters. The number of rotatable bonds is 5. The Bertz CT molecular complexity index is 486. The van der Waals surface area contributed by atoms with E-state index in [0.717, 1.165) is 18.4 Å². The van der Waals surface area contributed by atoms with Crippen molar-refractivity contribution >= 4 is 17.7 Å². The quantitative estimate of drug-likeness (QED) is 0.755. The van der Waals surface area contributed by atoms with Crippen LogP contribution in [0.3, 0.4) is 0 Å². The molecule has 0 saturated heterocycles. The highest BCUT2D eigenvalue weighted by atomic mass is 16.4. The van der Waals surface area contributed by atoms with Crippen LogP contribution in [0.2, 0.25) is 0 Å². The van der Waals surface area contributed by atoms with E-state index < -0.39 is 5.97 Å². The number of carboxylic acid groups (broad SMARTS) is 1. The molecule has 6 nitrogen and oxygen atoms in total. The number of hydrogen-bond donors (Lipinski definition) is 3. The molecule has 1 heterocycles. The molecule has 1 aromatic rings. The lowest BCUT2D eigenvalue weighted by Crippen LogP contribution is -2.40. The zero-order valence-corrected chi connectivity index (χ0v) is 10.7. The molecule has 0 spiro atoms. The number of pyridine rings is 1. The molecule has 1 unspecified atom stereocenters. The zero-order chi connectivity index (χ0) is 13.8. The van der Waals surface area contributed by atoms with Crippen LogP contribution in [0.5, 0.6) is 0 Å². The molecule has 0 bridgehead atoms. The summed E-state index contributed by atoms with van der Waals surface area (Å²) in [4.78, 5) is 26.5. The Hall–Kier alpha value is -2.11. The first kappa shape index (κ1) is 13.3. The molecule has 1 saturated carbocycles.